The molecule has 23 heavy (non-hydrogen) atoms. The molecular formula is C18H22F2O3. The summed E-state index contributed by atoms with van der Waals surface area (Å²) in [6, 6.07) is 6.00. The van der Waals surface area contributed by atoms with Crippen LogP contribution >= 0.6 is 0 Å². The van der Waals surface area contributed by atoms with E-state index in [0.29, 0.717) is 12.0 Å². The third-order valence-corrected chi connectivity index (χ3v) is 4.42. The van der Waals surface area contributed by atoms with Crippen LogP contribution in [0.1, 0.15) is 44.6 Å². The quantitative estimate of drug-likeness (QED) is 0.751. The summed E-state index contributed by atoms with van der Waals surface area (Å²) in [6.45, 7) is 1.95. The first-order chi connectivity index (χ1) is 10.9. The number of carboxylic acids is 1. The lowest BCUT2D eigenvalue weighted by molar-refractivity contribution is -0.234. The minimum absolute atomic E-state index is 0.00322. The monoisotopic (exact) mass is 324 g/mol. The average molecular weight is 324 g/mol. The molecule has 0 aliphatic heterocycles. The zero-order chi connectivity index (χ0) is 16.9. The molecule has 2 unspecified atom stereocenters. The van der Waals surface area contributed by atoms with Gasteiger partial charge in [0.2, 0.25) is 0 Å². The maximum absolute atomic E-state index is 14.5. The summed E-state index contributed by atoms with van der Waals surface area (Å²) < 4.78 is 33.9. The first kappa shape index (κ1) is 17.4. The highest BCUT2D eigenvalue weighted by Crippen LogP contribution is 2.43. The number of hydrogen-bond acceptors (Lipinski definition) is 2. The van der Waals surface area contributed by atoms with Crippen LogP contribution in [0.4, 0.5) is 8.78 Å². The smallest absolute Gasteiger partial charge is 0.400 e. The van der Waals surface area contributed by atoms with Crippen molar-refractivity contribution in [3.63, 3.8) is 0 Å². The van der Waals surface area contributed by atoms with E-state index < -0.39 is 18.0 Å². The minimum Gasteiger partial charge on any atom is -0.478 e. The van der Waals surface area contributed by atoms with Crippen LogP contribution in [0.5, 0.6) is 5.75 Å². The van der Waals surface area contributed by atoms with Crippen LogP contribution in [0.25, 0.3) is 6.08 Å². The Morgan fingerprint density at radius 2 is 1.96 bits per heavy atom. The zero-order valence-corrected chi connectivity index (χ0v) is 13.2. The molecule has 126 valence electrons. The van der Waals surface area contributed by atoms with Gasteiger partial charge >= 0.3 is 12.1 Å². The fourth-order valence-corrected chi connectivity index (χ4v) is 3.19. The highest BCUT2D eigenvalue weighted by Gasteiger charge is 2.46. The van der Waals surface area contributed by atoms with Gasteiger partial charge in [0.15, 0.2) is 0 Å². The molecule has 1 aromatic carbocycles. The van der Waals surface area contributed by atoms with Crippen molar-refractivity contribution in [1.29, 1.82) is 0 Å². The van der Waals surface area contributed by atoms with Gasteiger partial charge in [-0.15, -0.1) is 0 Å². The summed E-state index contributed by atoms with van der Waals surface area (Å²) in [5.74, 6) is -1.70. The van der Waals surface area contributed by atoms with Gasteiger partial charge in [-0.2, -0.15) is 8.78 Å². The lowest BCUT2D eigenvalue weighted by Crippen LogP contribution is -2.40. The molecule has 5 heteroatoms. The maximum atomic E-state index is 14.5. The SMILES string of the molecule is CCC1CCCCC1C(F)(F)Oc1ccc(C=CC(=O)O)cc1. The molecule has 0 bridgehead atoms. The highest BCUT2D eigenvalue weighted by molar-refractivity contribution is 5.85. The third kappa shape index (κ3) is 4.78. The predicted molar refractivity (Wildman–Crippen MR) is 84.4 cm³/mol. The van der Waals surface area contributed by atoms with Crippen LogP contribution in [-0.2, 0) is 4.79 Å². The molecule has 0 heterocycles. The molecule has 1 aliphatic carbocycles. The van der Waals surface area contributed by atoms with Crippen LogP contribution in [0.2, 0.25) is 0 Å². The van der Waals surface area contributed by atoms with Crippen LogP contribution in [0.3, 0.4) is 0 Å². The molecule has 3 nitrogen and oxygen atoms in total. The topological polar surface area (TPSA) is 46.5 Å². The molecule has 1 fully saturated rings. The Balaban J connectivity index is 2.06. The number of rotatable bonds is 6. The van der Waals surface area contributed by atoms with E-state index in [1.54, 1.807) is 12.1 Å². The first-order valence-electron chi connectivity index (χ1n) is 8.00. The van der Waals surface area contributed by atoms with Crippen molar-refractivity contribution in [2.24, 2.45) is 11.8 Å². The summed E-state index contributed by atoms with van der Waals surface area (Å²) in [6.07, 6.45) is 3.11. The molecule has 2 atom stereocenters. The summed E-state index contributed by atoms with van der Waals surface area (Å²) in [7, 11) is 0. The lowest BCUT2D eigenvalue weighted by Gasteiger charge is -2.35. The van der Waals surface area contributed by atoms with Gasteiger partial charge in [-0.3, -0.25) is 0 Å². The average Bonchev–Trinajstić information content (AvgIpc) is 2.53. The van der Waals surface area contributed by atoms with Crippen LogP contribution in [0, 0.1) is 11.8 Å². The van der Waals surface area contributed by atoms with Gasteiger partial charge in [0.1, 0.15) is 5.75 Å². The number of hydrogen-bond donors (Lipinski definition) is 1. The van der Waals surface area contributed by atoms with Gasteiger partial charge in [-0.1, -0.05) is 38.3 Å². The van der Waals surface area contributed by atoms with E-state index in [4.69, 9.17) is 9.84 Å². The Bertz CT molecular complexity index is 552. The number of aliphatic carboxylic acids is 1. The Labute approximate surface area is 135 Å². The lowest BCUT2D eigenvalue weighted by atomic mass is 9.77. The molecular weight excluding hydrogens is 302 g/mol. The Kier molecular flexibility index (Phi) is 5.74. The Morgan fingerprint density at radius 1 is 1.30 bits per heavy atom. The molecule has 0 saturated heterocycles. The molecule has 0 spiro atoms. The predicted octanol–water partition coefficient (Wildman–Crippen LogP) is 4.97. The van der Waals surface area contributed by atoms with Crippen LogP contribution in [-0.4, -0.2) is 17.2 Å². The molecule has 0 aromatic heterocycles. The summed E-state index contributed by atoms with van der Waals surface area (Å²) in [5.41, 5.74) is 0.618. The van der Waals surface area contributed by atoms with Crippen LogP contribution in [0.15, 0.2) is 30.3 Å². The summed E-state index contributed by atoms with van der Waals surface area (Å²) in [4.78, 5) is 10.5. The van der Waals surface area contributed by atoms with Crippen molar-refractivity contribution in [3.05, 3.63) is 35.9 Å². The van der Waals surface area contributed by atoms with E-state index >= 15 is 0 Å². The van der Waals surface area contributed by atoms with Gasteiger partial charge in [-0.05, 0) is 42.5 Å². The van der Waals surface area contributed by atoms with Crippen molar-refractivity contribution >= 4 is 12.0 Å². The number of halogens is 2. The molecule has 1 aromatic rings. The van der Waals surface area contributed by atoms with E-state index in [-0.39, 0.29) is 11.7 Å². The van der Waals surface area contributed by atoms with E-state index in [2.05, 4.69) is 0 Å². The maximum Gasteiger partial charge on any atom is 0.400 e. The second-order valence-corrected chi connectivity index (χ2v) is 5.96. The standard InChI is InChI=1S/C18H22F2O3/c1-2-14-5-3-4-6-16(14)18(19,20)23-15-10-7-13(8-11-15)9-12-17(21)22/h7-12,14,16H,2-6H2,1H3,(H,21,22). The van der Waals surface area contributed by atoms with Gasteiger partial charge in [-0.25, -0.2) is 4.79 Å². The second-order valence-electron chi connectivity index (χ2n) is 5.96. The van der Waals surface area contributed by atoms with Crippen molar-refractivity contribution < 1.29 is 23.4 Å². The van der Waals surface area contributed by atoms with E-state index in [0.717, 1.165) is 31.8 Å². The third-order valence-electron chi connectivity index (χ3n) is 4.42. The first-order valence-corrected chi connectivity index (χ1v) is 8.00. The van der Waals surface area contributed by atoms with Crippen molar-refractivity contribution in [1.82, 2.24) is 0 Å². The summed E-state index contributed by atoms with van der Waals surface area (Å²) in [5, 5.41) is 8.56. The summed E-state index contributed by atoms with van der Waals surface area (Å²) >= 11 is 0. The van der Waals surface area contributed by atoms with Gasteiger partial charge in [0.25, 0.3) is 0 Å². The molecule has 1 aliphatic rings. The highest BCUT2D eigenvalue weighted by atomic mass is 19.3. The number of ether oxygens (including phenoxy) is 1. The molecule has 1 saturated carbocycles. The van der Waals surface area contributed by atoms with Crippen molar-refractivity contribution in [2.75, 3.05) is 0 Å². The fraction of sp³-hybridized carbons (Fsp3) is 0.500. The van der Waals surface area contributed by atoms with Gasteiger partial charge in [0.05, 0.1) is 5.92 Å². The van der Waals surface area contributed by atoms with Gasteiger partial charge in [0, 0.05) is 6.08 Å². The number of benzene rings is 1. The normalized spacial score (nSPS) is 22.2. The van der Waals surface area contributed by atoms with E-state index in [1.165, 1.54) is 18.2 Å². The number of carbonyl (C=O) groups is 1. The molecule has 2 rings (SSSR count). The molecule has 0 amide bonds. The zero-order valence-electron chi connectivity index (χ0n) is 13.2. The number of alkyl halides is 2. The van der Waals surface area contributed by atoms with Crippen LogP contribution < -0.4 is 4.74 Å². The van der Waals surface area contributed by atoms with E-state index in [9.17, 15) is 13.6 Å². The van der Waals surface area contributed by atoms with E-state index in [1.807, 2.05) is 6.92 Å². The largest absolute Gasteiger partial charge is 0.478 e. The van der Waals surface area contributed by atoms with Crippen molar-refractivity contribution in [2.45, 2.75) is 45.1 Å². The Hall–Kier alpha value is -1.91. The Morgan fingerprint density at radius 3 is 2.57 bits per heavy atom. The van der Waals surface area contributed by atoms with Crippen molar-refractivity contribution in [3.8, 4) is 5.75 Å². The van der Waals surface area contributed by atoms with Gasteiger partial charge < -0.3 is 9.84 Å². The number of carboxylic acid groups (broad SMARTS) is 1. The second kappa shape index (κ2) is 7.57. The minimum atomic E-state index is -3.18. The molecule has 1 N–H and O–H groups in total. The molecule has 0 radical (unpaired) electrons. The fourth-order valence-electron chi connectivity index (χ4n) is 3.19.